The van der Waals surface area contributed by atoms with Gasteiger partial charge in [0, 0.05) is 24.2 Å². The predicted molar refractivity (Wildman–Crippen MR) is 101 cm³/mol. The molecule has 0 fully saturated rings. The summed E-state index contributed by atoms with van der Waals surface area (Å²) in [6.45, 7) is 0.0457. The number of hydrogen-bond acceptors (Lipinski definition) is 5. The second-order valence-corrected chi connectivity index (χ2v) is 7.83. The van der Waals surface area contributed by atoms with Crippen molar-refractivity contribution < 1.29 is 17.9 Å². The molecule has 0 aliphatic carbocycles. The highest BCUT2D eigenvalue weighted by atomic mass is 32.2. The van der Waals surface area contributed by atoms with Crippen molar-refractivity contribution in [2.75, 3.05) is 17.6 Å². The van der Waals surface area contributed by atoms with E-state index in [1.54, 1.807) is 30.5 Å². The molecule has 0 amide bonds. The van der Waals surface area contributed by atoms with E-state index in [4.69, 9.17) is 4.74 Å². The number of rotatable bonds is 5. The second kappa shape index (κ2) is 7.13. The SMILES string of the molecule is CN(c1ccccc1C(=O)OCc1cccc2cccnc12)S(C)(=O)=O. The molecule has 1 heterocycles. The number of esters is 1. The molecule has 0 aliphatic rings. The number of anilines is 1. The first-order valence-electron chi connectivity index (χ1n) is 7.90. The molecule has 6 nitrogen and oxygen atoms in total. The zero-order chi connectivity index (χ0) is 18.7. The third kappa shape index (κ3) is 3.67. The van der Waals surface area contributed by atoms with Crippen molar-refractivity contribution in [2.45, 2.75) is 6.61 Å². The van der Waals surface area contributed by atoms with Crippen LogP contribution in [0.1, 0.15) is 15.9 Å². The van der Waals surface area contributed by atoms with E-state index in [0.29, 0.717) is 0 Å². The Balaban J connectivity index is 1.85. The van der Waals surface area contributed by atoms with Crippen molar-refractivity contribution >= 4 is 32.6 Å². The van der Waals surface area contributed by atoms with E-state index in [2.05, 4.69) is 4.98 Å². The van der Waals surface area contributed by atoms with Gasteiger partial charge in [0.1, 0.15) is 6.61 Å². The fraction of sp³-hybridized carbons (Fsp3) is 0.158. The van der Waals surface area contributed by atoms with Gasteiger partial charge in [0.25, 0.3) is 0 Å². The number of para-hydroxylation sites is 2. The van der Waals surface area contributed by atoms with Crippen LogP contribution in [-0.2, 0) is 21.4 Å². The van der Waals surface area contributed by atoms with E-state index < -0.39 is 16.0 Å². The minimum Gasteiger partial charge on any atom is -0.457 e. The third-order valence-corrected chi connectivity index (χ3v) is 5.23. The molecule has 134 valence electrons. The maximum absolute atomic E-state index is 12.5. The molecule has 0 saturated heterocycles. The second-order valence-electron chi connectivity index (χ2n) is 5.82. The molecule has 0 unspecified atom stereocenters. The Labute approximate surface area is 152 Å². The van der Waals surface area contributed by atoms with Gasteiger partial charge in [-0.25, -0.2) is 13.2 Å². The van der Waals surface area contributed by atoms with Crippen molar-refractivity contribution in [3.8, 4) is 0 Å². The first-order valence-corrected chi connectivity index (χ1v) is 9.75. The summed E-state index contributed by atoms with van der Waals surface area (Å²) in [5.41, 5.74) is 2.01. The quantitative estimate of drug-likeness (QED) is 0.645. The number of benzene rings is 2. The van der Waals surface area contributed by atoms with Gasteiger partial charge in [-0.1, -0.05) is 36.4 Å². The summed E-state index contributed by atoms with van der Waals surface area (Å²) in [5.74, 6) is -0.593. The predicted octanol–water partition coefficient (Wildman–Crippen LogP) is 2.99. The van der Waals surface area contributed by atoms with Gasteiger partial charge in [-0.05, 0) is 18.2 Å². The molecule has 0 spiro atoms. The highest BCUT2D eigenvalue weighted by molar-refractivity contribution is 7.92. The van der Waals surface area contributed by atoms with Crippen LogP contribution >= 0.6 is 0 Å². The number of aromatic nitrogens is 1. The molecule has 3 aromatic rings. The Hall–Kier alpha value is -2.93. The summed E-state index contributed by atoms with van der Waals surface area (Å²) in [7, 11) is -2.09. The number of ether oxygens (including phenoxy) is 1. The molecule has 0 radical (unpaired) electrons. The molecule has 0 bridgehead atoms. The van der Waals surface area contributed by atoms with Gasteiger partial charge >= 0.3 is 5.97 Å². The lowest BCUT2D eigenvalue weighted by atomic mass is 10.1. The maximum Gasteiger partial charge on any atom is 0.340 e. The Bertz CT molecular complexity index is 1060. The van der Waals surface area contributed by atoms with Gasteiger partial charge in [-0.3, -0.25) is 9.29 Å². The monoisotopic (exact) mass is 370 g/mol. The molecule has 1 aromatic heterocycles. The van der Waals surface area contributed by atoms with Gasteiger partial charge in [-0.15, -0.1) is 0 Å². The standard InChI is InChI=1S/C19H18N2O4S/c1-21(26(2,23)24)17-11-4-3-10-16(17)19(22)25-13-15-8-5-7-14-9-6-12-20-18(14)15/h3-12H,13H2,1-2H3. The minimum absolute atomic E-state index is 0.0457. The van der Waals surface area contributed by atoms with Gasteiger partial charge in [-0.2, -0.15) is 0 Å². The molecule has 2 aromatic carbocycles. The maximum atomic E-state index is 12.5. The third-order valence-electron chi connectivity index (χ3n) is 4.04. The summed E-state index contributed by atoms with van der Waals surface area (Å²) in [6, 6.07) is 15.9. The van der Waals surface area contributed by atoms with Crippen LogP contribution in [0.5, 0.6) is 0 Å². The van der Waals surface area contributed by atoms with Gasteiger partial charge < -0.3 is 4.74 Å². The van der Waals surface area contributed by atoms with Gasteiger partial charge in [0.05, 0.1) is 23.0 Å². The Morgan fingerprint density at radius 2 is 1.81 bits per heavy atom. The number of carbonyl (C=O) groups excluding carboxylic acids is 1. The van der Waals surface area contributed by atoms with Crippen molar-refractivity contribution in [1.82, 2.24) is 4.98 Å². The first-order chi connectivity index (χ1) is 12.4. The Morgan fingerprint density at radius 3 is 2.58 bits per heavy atom. The van der Waals surface area contributed by atoms with E-state index >= 15 is 0 Å². The molecule has 0 saturated carbocycles. The van der Waals surface area contributed by atoms with Crippen molar-refractivity contribution in [2.24, 2.45) is 0 Å². The molecule has 0 atom stereocenters. The van der Waals surface area contributed by atoms with Crippen LogP contribution < -0.4 is 4.31 Å². The lowest BCUT2D eigenvalue weighted by molar-refractivity contribution is 0.0475. The fourth-order valence-corrected chi connectivity index (χ4v) is 3.12. The Kier molecular flexibility index (Phi) is 4.90. The van der Waals surface area contributed by atoms with E-state index in [9.17, 15) is 13.2 Å². The van der Waals surface area contributed by atoms with Crippen LogP contribution in [0, 0.1) is 0 Å². The average molecular weight is 370 g/mol. The number of pyridine rings is 1. The normalized spacial score (nSPS) is 11.3. The summed E-state index contributed by atoms with van der Waals surface area (Å²) >= 11 is 0. The van der Waals surface area contributed by atoms with Gasteiger partial charge in [0.15, 0.2) is 0 Å². The number of sulfonamides is 1. The number of hydrogen-bond donors (Lipinski definition) is 0. The van der Waals surface area contributed by atoms with Crippen LogP contribution in [0.2, 0.25) is 0 Å². The topological polar surface area (TPSA) is 76.6 Å². The number of carbonyl (C=O) groups is 1. The van der Waals surface area contributed by atoms with E-state index in [1.807, 2.05) is 30.3 Å². The molecule has 0 aliphatic heterocycles. The zero-order valence-corrected chi connectivity index (χ0v) is 15.2. The summed E-state index contributed by atoms with van der Waals surface area (Å²) in [4.78, 5) is 16.9. The summed E-state index contributed by atoms with van der Waals surface area (Å²) < 4.78 is 30.1. The van der Waals surface area contributed by atoms with E-state index in [-0.39, 0.29) is 17.9 Å². The fourth-order valence-electron chi connectivity index (χ4n) is 2.60. The van der Waals surface area contributed by atoms with Crippen LogP contribution in [0.3, 0.4) is 0 Å². The van der Waals surface area contributed by atoms with Gasteiger partial charge in [0.2, 0.25) is 10.0 Å². The number of fused-ring (bicyclic) bond motifs is 1. The first kappa shape index (κ1) is 17.9. The van der Waals surface area contributed by atoms with Crippen LogP contribution in [0.4, 0.5) is 5.69 Å². The smallest absolute Gasteiger partial charge is 0.340 e. The largest absolute Gasteiger partial charge is 0.457 e. The average Bonchev–Trinajstić information content (AvgIpc) is 2.64. The number of nitrogens with zero attached hydrogens (tertiary/aromatic N) is 2. The summed E-state index contributed by atoms with van der Waals surface area (Å²) in [6.07, 6.45) is 2.76. The lowest BCUT2D eigenvalue weighted by Gasteiger charge is -2.19. The van der Waals surface area contributed by atoms with Crippen LogP contribution in [0.15, 0.2) is 60.8 Å². The minimum atomic E-state index is -3.49. The highest BCUT2D eigenvalue weighted by Crippen LogP contribution is 2.23. The lowest BCUT2D eigenvalue weighted by Crippen LogP contribution is -2.26. The van der Waals surface area contributed by atoms with E-state index in [0.717, 1.165) is 27.0 Å². The molecular weight excluding hydrogens is 352 g/mol. The molecule has 26 heavy (non-hydrogen) atoms. The van der Waals surface area contributed by atoms with Crippen LogP contribution in [0.25, 0.3) is 10.9 Å². The van der Waals surface area contributed by atoms with Crippen molar-refractivity contribution in [3.05, 3.63) is 71.9 Å². The van der Waals surface area contributed by atoms with Crippen LogP contribution in [-0.4, -0.2) is 32.7 Å². The summed E-state index contributed by atoms with van der Waals surface area (Å²) in [5, 5.41) is 0.957. The van der Waals surface area contributed by atoms with Crippen molar-refractivity contribution in [3.63, 3.8) is 0 Å². The van der Waals surface area contributed by atoms with Crippen molar-refractivity contribution in [1.29, 1.82) is 0 Å². The van der Waals surface area contributed by atoms with E-state index in [1.165, 1.54) is 7.05 Å². The molecule has 7 heteroatoms. The Morgan fingerprint density at radius 1 is 1.08 bits per heavy atom. The molecule has 0 N–H and O–H groups in total. The highest BCUT2D eigenvalue weighted by Gasteiger charge is 2.20. The molecular formula is C19H18N2O4S. The molecule has 3 rings (SSSR count). The zero-order valence-electron chi connectivity index (χ0n) is 14.4.